The molecule has 3 heterocycles. The van der Waals surface area contributed by atoms with Crippen LogP contribution in [0, 0.1) is 5.41 Å². The lowest BCUT2D eigenvalue weighted by Crippen LogP contribution is -2.44. The number of fused-ring (bicyclic) bond motifs is 1. The van der Waals surface area contributed by atoms with Gasteiger partial charge in [0.2, 0.25) is 0 Å². The van der Waals surface area contributed by atoms with Crippen LogP contribution in [0.5, 0.6) is 0 Å². The van der Waals surface area contributed by atoms with Crippen molar-refractivity contribution in [1.29, 1.82) is 0 Å². The summed E-state index contributed by atoms with van der Waals surface area (Å²) in [5.74, 6) is 2.48. The van der Waals surface area contributed by atoms with E-state index in [9.17, 15) is 0 Å². The van der Waals surface area contributed by atoms with E-state index in [1.165, 1.54) is 109 Å². The normalized spacial score (nSPS) is 26.5. The fourth-order valence-electron chi connectivity index (χ4n) is 7.48. The highest BCUT2D eigenvalue weighted by molar-refractivity contribution is 6.02. The van der Waals surface area contributed by atoms with E-state index in [4.69, 9.17) is 4.99 Å². The fourth-order valence-corrected chi connectivity index (χ4v) is 7.48. The highest BCUT2D eigenvalue weighted by Crippen LogP contribution is 2.47. The van der Waals surface area contributed by atoms with Gasteiger partial charge in [0.1, 0.15) is 11.7 Å². The Kier molecular flexibility index (Phi) is 9.49. The summed E-state index contributed by atoms with van der Waals surface area (Å²) < 4.78 is 0. The molecule has 2 saturated heterocycles. The van der Waals surface area contributed by atoms with Gasteiger partial charge in [-0.15, -0.1) is 0 Å². The molecular weight excluding hydrogens is 512 g/mol. The Bertz CT molecular complexity index is 1280. The second-order valence-electron chi connectivity index (χ2n) is 13.4. The molecule has 0 aromatic rings. The zero-order valence-corrected chi connectivity index (χ0v) is 26.3. The average Bonchev–Trinajstić information content (AvgIpc) is 3.22. The number of nitrogens with zero attached hydrogens (tertiary/aromatic N) is 3. The van der Waals surface area contributed by atoms with Gasteiger partial charge in [-0.25, -0.2) is 4.99 Å². The van der Waals surface area contributed by atoms with Crippen LogP contribution in [0.4, 0.5) is 0 Å². The molecule has 0 radical (unpaired) electrons. The molecule has 6 rings (SSSR count). The van der Waals surface area contributed by atoms with Crippen LogP contribution in [-0.2, 0) is 0 Å². The fraction of sp³-hybridized carbons (Fsp3) is 0.553. The lowest BCUT2D eigenvalue weighted by Gasteiger charge is -2.43. The van der Waals surface area contributed by atoms with E-state index in [0.29, 0.717) is 0 Å². The third kappa shape index (κ3) is 6.86. The lowest BCUT2D eigenvalue weighted by atomic mass is 9.70. The average molecular weight is 565 g/mol. The van der Waals surface area contributed by atoms with Crippen molar-refractivity contribution in [3.8, 4) is 0 Å². The topological polar surface area (TPSA) is 30.9 Å². The standard InChI is InChI=1S/C38H52N4/c1-30-14-12-18-32(26-34(30)29-39-21-13-17-31-15-6-3-7-16-31)33-19-20-35-37(42-24-10-5-11-25-42)40-36(28-38(35,2)27-33)41-22-8-4-9-23-41/h6,12,14-16,19-20,26,28,39H,3-5,7-11,13,17-18,21-25,27,29H2,1-2H3. The highest BCUT2D eigenvalue weighted by Gasteiger charge is 2.40. The van der Waals surface area contributed by atoms with Gasteiger partial charge in [0.05, 0.1) is 0 Å². The molecule has 1 unspecified atom stereocenters. The number of rotatable bonds is 8. The molecule has 1 N–H and O–H groups in total. The zero-order valence-electron chi connectivity index (χ0n) is 26.3. The number of piperidine rings is 2. The molecule has 3 aliphatic carbocycles. The van der Waals surface area contributed by atoms with Crippen LogP contribution in [0.3, 0.4) is 0 Å². The molecular formula is C38H52N4. The summed E-state index contributed by atoms with van der Waals surface area (Å²) in [6.07, 6.45) is 36.3. The maximum absolute atomic E-state index is 5.40. The SMILES string of the molecule is CC1=C(CNCCCC2=CCCC=C2)C=C(C2=CC=C3C(N4CCCCC4)=NC(N4CCCCC4)=CC3(C)C2)CC=C1. The zero-order chi connectivity index (χ0) is 28.8. The van der Waals surface area contributed by atoms with Crippen molar-refractivity contribution in [1.82, 2.24) is 15.1 Å². The first-order valence-corrected chi connectivity index (χ1v) is 17.0. The van der Waals surface area contributed by atoms with Crippen molar-refractivity contribution in [2.75, 3.05) is 39.3 Å². The van der Waals surface area contributed by atoms with Gasteiger partial charge in [-0.2, -0.15) is 0 Å². The van der Waals surface area contributed by atoms with Gasteiger partial charge in [-0.3, -0.25) is 0 Å². The Balaban J connectivity index is 1.20. The Morgan fingerprint density at radius 2 is 1.67 bits per heavy atom. The monoisotopic (exact) mass is 564 g/mol. The summed E-state index contributed by atoms with van der Waals surface area (Å²) in [7, 11) is 0. The van der Waals surface area contributed by atoms with Crippen molar-refractivity contribution < 1.29 is 0 Å². The number of hydrogen-bond donors (Lipinski definition) is 1. The minimum absolute atomic E-state index is 0.0261. The number of nitrogens with one attached hydrogen (secondary N) is 1. The molecule has 3 aliphatic heterocycles. The van der Waals surface area contributed by atoms with Gasteiger partial charge in [0, 0.05) is 43.7 Å². The van der Waals surface area contributed by atoms with Crippen LogP contribution >= 0.6 is 0 Å². The second-order valence-corrected chi connectivity index (χ2v) is 13.4. The number of hydrogen-bond acceptors (Lipinski definition) is 4. The van der Waals surface area contributed by atoms with Crippen molar-refractivity contribution in [2.45, 2.75) is 90.9 Å². The number of aliphatic imine (C=N–C) groups is 1. The molecule has 1 atom stereocenters. The molecule has 4 heteroatoms. The largest absolute Gasteiger partial charge is 0.357 e. The van der Waals surface area contributed by atoms with Crippen LogP contribution in [0.25, 0.3) is 0 Å². The van der Waals surface area contributed by atoms with E-state index in [0.717, 1.165) is 52.1 Å². The second kappa shape index (κ2) is 13.6. The van der Waals surface area contributed by atoms with Crippen molar-refractivity contribution in [3.63, 3.8) is 0 Å². The first kappa shape index (κ1) is 29.2. The maximum Gasteiger partial charge on any atom is 0.135 e. The van der Waals surface area contributed by atoms with Crippen molar-refractivity contribution in [3.05, 3.63) is 93.9 Å². The van der Waals surface area contributed by atoms with E-state index >= 15 is 0 Å². The van der Waals surface area contributed by atoms with Gasteiger partial charge < -0.3 is 15.1 Å². The molecule has 0 bridgehead atoms. The summed E-state index contributed by atoms with van der Waals surface area (Å²) in [6, 6.07) is 0. The summed E-state index contributed by atoms with van der Waals surface area (Å²) in [5, 5.41) is 3.76. The van der Waals surface area contributed by atoms with Gasteiger partial charge in [-0.1, -0.05) is 61.1 Å². The minimum atomic E-state index is -0.0261. The van der Waals surface area contributed by atoms with E-state index in [2.05, 4.69) is 83.6 Å². The summed E-state index contributed by atoms with van der Waals surface area (Å²) in [5.41, 5.74) is 8.69. The third-order valence-corrected chi connectivity index (χ3v) is 10.0. The summed E-state index contributed by atoms with van der Waals surface area (Å²) >= 11 is 0. The quantitative estimate of drug-likeness (QED) is 0.301. The molecule has 0 spiro atoms. The number of likely N-dealkylation sites (tertiary alicyclic amines) is 2. The van der Waals surface area contributed by atoms with Crippen LogP contribution in [0.1, 0.15) is 90.9 Å². The molecule has 4 nitrogen and oxygen atoms in total. The number of allylic oxidation sites excluding steroid dienone is 12. The van der Waals surface area contributed by atoms with Gasteiger partial charge in [0.15, 0.2) is 0 Å². The highest BCUT2D eigenvalue weighted by atomic mass is 15.3. The lowest BCUT2D eigenvalue weighted by molar-refractivity contribution is 0.271. The van der Waals surface area contributed by atoms with Crippen LogP contribution in [-0.4, -0.2) is 54.9 Å². The molecule has 2 fully saturated rings. The summed E-state index contributed by atoms with van der Waals surface area (Å²) in [6.45, 7) is 11.3. The Morgan fingerprint density at radius 1 is 0.881 bits per heavy atom. The molecule has 0 aromatic carbocycles. The van der Waals surface area contributed by atoms with Gasteiger partial charge in [-0.05, 0) is 119 Å². The van der Waals surface area contributed by atoms with Gasteiger partial charge in [0.25, 0.3) is 0 Å². The predicted molar refractivity (Wildman–Crippen MR) is 178 cm³/mol. The van der Waals surface area contributed by atoms with Crippen molar-refractivity contribution in [2.24, 2.45) is 10.4 Å². The van der Waals surface area contributed by atoms with E-state index in [-0.39, 0.29) is 5.41 Å². The molecule has 42 heavy (non-hydrogen) atoms. The minimum Gasteiger partial charge on any atom is -0.357 e. The summed E-state index contributed by atoms with van der Waals surface area (Å²) in [4.78, 5) is 10.6. The van der Waals surface area contributed by atoms with E-state index < -0.39 is 0 Å². The first-order chi connectivity index (χ1) is 20.6. The molecule has 6 aliphatic rings. The molecule has 0 amide bonds. The van der Waals surface area contributed by atoms with Crippen LogP contribution in [0.2, 0.25) is 0 Å². The maximum atomic E-state index is 5.40. The van der Waals surface area contributed by atoms with Gasteiger partial charge >= 0.3 is 0 Å². The third-order valence-electron chi connectivity index (χ3n) is 10.0. The van der Waals surface area contributed by atoms with Crippen molar-refractivity contribution >= 4 is 5.84 Å². The molecule has 0 saturated carbocycles. The smallest absolute Gasteiger partial charge is 0.135 e. The first-order valence-electron chi connectivity index (χ1n) is 17.0. The Labute approximate surface area is 255 Å². The van der Waals surface area contributed by atoms with E-state index in [1.54, 1.807) is 0 Å². The van der Waals surface area contributed by atoms with Crippen LogP contribution in [0.15, 0.2) is 98.9 Å². The number of amidine groups is 1. The Hall–Kier alpha value is -2.85. The molecule has 224 valence electrons. The van der Waals surface area contributed by atoms with Crippen LogP contribution < -0.4 is 5.32 Å². The Morgan fingerprint density at radius 3 is 2.43 bits per heavy atom. The molecule has 0 aromatic heterocycles. The van der Waals surface area contributed by atoms with E-state index in [1.807, 2.05) is 0 Å². The predicted octanol–water partition coefficient (Wildman–Crippen LogP) is 8.32.